The van der Waals surface area contributed by atoms with E-state index in [1.165, 1.54) is 0 Å². The molecule has 0 bridgehead atoms. The number of likely N-dealkylation sites (tertiary alicyclic amines) is 1. The minimum Gasteiger partial charge on any atom is -0.459 e. The fourth-order valence-electron chi connectivity index (χ4n) is 3.17. The van der Waals surface area contributed by atoms with Crippen molar-refractivity contribution in [2.45, 2.75) is 58.3 Å². The van der Waals surface area contributed by atoms with E-state index in [0.717, 1.165) is 31.5 Å². The quantitative estimate of drug-likeness (QED) is 0.848. The average molecular weight is 319 g/mol. The minimum atomic E-state index is -0.649. The van der Waals surface area contributed by atoms with E-state index in [1.54, 1.807) is 0 Å². The summed E-state index contributed by atoms with van der Waals surface area (Å²) < 4.78 is 5.51. The zero-order chi connectivity index (χ0) is 17.1. The van der Waals surface area contributed by atoms with Crippen LogP contribution in [0.5, 0.6) is 0 Å². The van der Waals surface area contributed by atoms with Crippen molar-refractivity contribution in [3.63, 3.8) is 0 Å². The van der Waals surface area contributed by atoms with Crippen LogP contribution >= 0.6 is 0 Å². The first kappa shape index (κ1) is 18.0. The zero-order valence-corrected chi connectivity index (χ0v) is 14.7. The lowest BCUT2D eigenvalue weighted by atomic mass is 9.82. The Morgan fingerprint density at radius 1 is 1.17 bits per heavy atom. The molecule has 1 heterocycles. The molecule has 0 amide bonds. The van der Waals surface area contributed by atoms with Gasteiger partial charge in [-0.2, -0.15) is 0 Å². The molecular weight excluding hydrogens is 290 g/mol. The Bertz CT molecular complexity index is 511. The molecule has 0 aromatic heterocycles. The Morgan fingerprint density at radius 2 is 1.74 bits per heavy atom. The van der Waals surface area contributed by atoms with Gasteiger partial charge in [0.15, 0.2) is 0 Å². The molecule has 0 radical (unpaired) electrons. The van der Waals surface area contributed by atoms with Crippen molar-refractivity contribution in [3.8, 4) is 0 Å². The van der Waals surface area contributed by atoms with Crippen LogP contribution in [0.25, 0.3) is 0 Å². The van der Waals surface area contributed by atoms with Crippen LogP contribution in [-0.2, 0) is 16.1 Å². The number of piperidine rings is 1. The van der Waals surface area contributed by atoms with Crippen molar-refractivity contribution in [1.82, 2.24) is 4.90 Å². The van der Waals surface area contributed by atoms with Crippen LogP contribution in [0.15, 0.2) is 30.3 Å². The van der Waals surface area contributed by atoms with Gasteiger partial charge < -0.3 is 9.84 Å². The number of nitrogens with zero attached hydrogens (tertiary/aromatic N) is 1. The Balaban J connectivity index is 1.89. The lowest BCUT2D eigenvalue weighted by Gasteiger charge is -2.43. The SMILES string of the molecule is CC(C)(O)C1CCN(C(C)(C)C(=O)OCc2ccccc2)CC1. The Hall–Kier alpha value is -1.39. The van der Waals surface area contributed by atoms with Gasteiger partial charge in [0.25, 0.3) is 0 Å². The van der Waals surface area contributed by atoms with Gasteiger partial charge in [0.1, 0.15) is 12.1 Å². The largest absolute Gasteiger partial charge is 0.459 e. The average Bonchev–Trinajstić information content (AvgIpc) is 2.52. The molecule has 1 aromatic rings. The predicted octanol–water partition coefficient (Wildman–Crippen LogP) is 2.99. The third-order valence-corrected chi connectivity index (χ3v) is 5.00. The molecule has 0 aliphatic carbocycles. The van der Waals surface area contributed by atoms with E-state index in [4.69, 9.17) is 4.74 Å². The summed E-state index contributed by atoms with van der Waals surface area (Å²) in [7, 11) is 0. The number of benzene rings is 1. The van der Waals surface area contributed by atoms with E-state index >= 15 is 0 Å². The van der Waals surface area contributed by atoms with Crippen molar-refractivity contribution >= 4 is 5.97 Å². The highest BCUT2D eigenvalue weighted by molar-refractivity contribution is 5.79. The number of carbonyl (C=O) groups is 1. The molecule has 1 aromatic carbocycles. The van der Waals surface area contributed by atoms with E-state index in [-0.39, 0.29) is 11.9 Å². The molecule has 1 aliphatic heterocycles. The molecule has 1 aliphatic rings. The van der Waals surface area contributed by atoms with E-state index in [1.807, 2.05) is 58.0 Å². The fourth-order valence-corrected chi connectivity index (χ4v) is 3.17. The summed E-state index contributed by atoms with van der Waals surface area (Å²) in [5.41, 5.74) is -0.291. The maximum atomic E-state index is 12.5. The first-order valence-corrected chi connectivity index (χ1v) is 8.40. The highest BCUT2D eigenvalue weighted by Crippen LogP contribution is 2.31. The van der Waals surface area contributed by atoms with Gasteiger partial charge >= 0.3 is 5.97 Å². The smallest absolute Gasteiger partial charge is 0.326 e. The number of ether oxygens (including phenoxy) is 1. The Labute approximate surface area is 139 Å². The minimum absolute atomic E-state index is 0.192. The maximum Gasteiger partial charge on any atom is 0.326 e. The molecule has 128 valence electrons. The second kappa shape index (κ2) is 7.02. The van der Waals surface area contributed by atoms with Crippen molar-refractivity contribution in [2.75, 3.05) is 13.1 Å². The van der Waals surface area contributed by atoms with Crippen LogP contribution in [0, 0.1) is 5.92 Å². The molecular formula is C19H29NO3. The van der Waals surface area contributed by atoms with Crippen molar-refractivity contribution < 1.29 is 14.6 Å². The number of hydrogen-bond donors (Lipinski definition) is 1. The zero-order valence-electron chi connectivity index (χ0n) is 14.7. The van der Waals surface area contributed by atoms with Crippen LogP contribution in [0.1, 0.15) is 46.1 Å². The third kappa shape index (κ3) is 4.55. The topological polar surface area (TPSA) is 49.8 Å². The highest BCUT2D eigenvalue weighted by atomic mass is 16.5. The molecule has 1 fully saturated rings. The first-order chi connectivity index (χ1) is 10.7. The van der Waals surface area contributed by atoms with Gasteiger partial charge in [-0.05, 0) is 65.1 Å². The van der Waals surface area contributed by atoms with Gasteiger partial charge in [-0.3, -0.25) is 9.69 Å². The van der Waals surface area contributed by atoms with Crippen LogP contribution in [0.4, 0.5) is 0 Å². The van der Waals surface area contributed by atoms with Gasteiger partial charge in [0.2, 0.25) is 0 Å². The number of aliphatic hydroxyl groups is 1. The number of rotatable bonds is 5. The van der Waals surface area contributed by atoms with Gasteiger partial charge in [-0.15, -0.1) is 0 Å². The summed E-state index contributed by atoms with van der Waals surface area (Å²) in [5, 5.41) is 10.1. The van der Waals surface area contributed by atoms with E-state index in [2.05, 4.69) is 4.90 Å². The summed E-state index contributed by atoms with van der Waals surface area (Å²) in [6.07, 6.45) is 1.80. The molecule has 1 saturated heterocycles. The molecule has 23 heavy (non-hydrogen) atoms. The van der Waals surface area contributed by atoms with Crippen molar-refractivity contribution in [1.29, 1.82) is 0 Å². The maximum absolute atomic E-state index is 12.5. The lowest BCUT2D eigenvalue weighted by Crippen LogP contribution is -2.55. The standard InChI is InChI=1S/C19H29NO3/c1-18(2,17(21)23-14-15-8-6-5-7-9-15)20-12-10-16(11-13-20)19(3,4)22/h5-9,16,22H,10-14H2,1-4H3. The molecule has 1 N–H and O–H groups in total. The van der Waals surface area contributed by atoms with Crippen LogP contribution in [0.2, 0.25) is 0 Å². The molecule has 0 spiro atoms. The number of carbonyl (C=O) groups excluding carboxylic acids is 1. The molecule has 0 atom stereocenters. The molecule has 0 saturated carbocycles. The molecule has 2 rings (SSSR count). The third-order valence-electron chi connectivity index (χ3n) is 5.00. The van der Waals surface area contributed by atoms with E-state index in [9.17, 15) is 9.90 Å². The summed E-state index contributed by atoms with van der Waals surface area (Å²) in [6, 6.07) is 9.73. The monoisotopic (exact) mass is 319 g/mol. The molecule has 0 unspecified atom stereocenters. The van der Waals surface area contributed by atoms with Crippen LogP contribution in [0.3, 0.4) is 0 Å². The lowest BCUT2D eigenvalue weighted by molar-refractivity contribution is -0.159. The normalized spacial score (nSPS) is 18.0. The van der Waals surface area contributed by atoms with Gasteiger partial charge in [-0.1, -0.05) is 30.3 Å². The van der Waals surface area contributed by atoms with E-state index < -0.39 is 11.1 Å². The molecule has 4 nitrogen and oxygen atoms in total. The molecule has 4 heteroatoms. The fraction of sp³-hybridized carbons (Fsp3) is 0.632. The Morgan fingerprint density at radius 3 is 2.26 bits per heavy atom. The Kier molecular flexibility index (Phi) is 5.48. The second-order valence-corrected chi connectivity index (χ2v) is 7.54. The predicted molar refractivity (Wildman–Crippen MR) is 90.9 cm³/mol. The van der Waals surface area contributed by atoms with Gasteiger partial charge in [-0.25, -0.2) is 0 Å². The van der Waals surface area contributed by atoms with Crippen LogP contribution in [-0.4, -0.2) is 40.2 Å². The van der Waals surface area contributed by atoms with Gasteiger partial charge in [0, 0.05) is 0 Å². The first-order valence-electron chi connectivity index (χ1n) is 8.40. The van der Waals surface area contributed by atoms with Crippen molar-refractivity contribution in [3.05, 3.63) is 35.9 Å². The van der Waals surface area contributed by atoms with E-state index in [0.29, 0.717) is 6.61 Å². The van der Waals surface area contributed by atoms with Crippen molar-refractivity contribution in [2.24, 2.45) is 5.92 Å². The van der Waals surface area contributed by atoms with Gasteiger partial charge in [0.05, 0.1) is 5.60 Å². The number of hydrogen-bond acceptors (Lipinski definition) is 4. The highest BCUT2D eigenvalue weighted by Gasteiger charge is 2.40. The van der Waals surface area contributed by atoms with Crippen LogP contribution < -0.4 is 0 Å². The summed E-state index contributed by atoms with van der Waals surface area (Å²) in [5.74, 6) is 0.0953. The summed E-state index contributed by atoms with van der Waals surface area (Å²) in [4.78, 5) is 14.7. The second-order valence-electron chi connectivity index (χ2n) is 7.54. The summed E-state index contributed by atoms with van der Waals surface area (Å²) in [6.45, 7) is 9.50. The summed E-state index contributed by atoms with van der Waals surface area (Å²) >= 11 is 0. The number of esters is 1.